The summed E-state index contributed by atoms with van der Waals surface area (Å²) in [7, 11) is 0. The third-order valence-corrected chi connectivity index (χ3v) is 6.20. The van der Waals surface area contributed by atoms with Crippen LogP contribution in [0.1, 0.15) is 18.1 Å². The van der Waals surface area contributed by atoms with E-state index in [1.54, 1.807) is 12.1 Å². The summed E-state index contributed by atoms with van der Waals surface area (Å²) in [6, 6.07) is 13.5. The molecule has 3 rings (SSSR count). The van der Waals surface area contributed by atoms with Gasteiger partial charge in [-0.2, -0.15) is 0 Å². The predicted molar refractivity (Wildman–Crippen MR) is 129 cm³/mol. The van der Waals surface area contributed by atoms with Crippen LogP contribution >= 0.6 is 46.6 Å². The lowest BCUT2D eigenvalue weighted by atomic mass is 10.1. The molecule has 0 aromatic heterocycles. The topological polar surface area (TPSA) is 76.1 Å². The number of carbonyl (C=O) groups is 2. The first-order chi connectivity index (χ1) is 14.4. The molecule has 1 N–H and O–H groups in total. The highest BCUT2D eigenvalue weighted by atomic mass is 127. The van der Waals surface area contributed by atoms with Crippen LogP contribution in [-0.2, 0) is 16.2 Å². The first kappa shape index (κ1) is 22.6. The first-order valence-electron chi connectivity index (χ1n) is 8.99. The molecular formula is C21H18INO5S2. The van der Waals surface area contributed by atoms with Crippen molar-refractivity contribution in [3.05, 3.63) is 62.1 Å². The zero-order chi connectivity index (χ0) is 21.7. The van der Waals surface area contributed by atoms with Gasteiger partial charge in [-0.1, -0.05) is 54.3 Å². The third kappa shape index (κ3) is 5.52. The van der Waals surface area contributed by atoms with Gasteiger partial charge in [-0.15, -0.1) is 0 Å². The van der Waals surface area contributed by atoms with Gasteiger partial charge in [0.1, 0.15) is 17.5 Å². The zero-order valence-electron chi connectivity index (χ0n) is 16.0. The molecule has 30 heavy (non-hydrogen) atoms. The highest BCUT2D eigenvalue weighted by Gasteiger charge is 2.33. The summed E-state index contributed by atoms with van der Waals surface area (Å²) >= 11 is 8.40. The second-order valence-corrected chi connectivity index (χ2v) is 9.04. The number of amides is 1. The number of hydrogen-bond acceptors (Lipinski definition) is 6. The SMILES string of the molecule is CCOc1cc(/C=C2\SC(=S)N(CC(=O)O)C2=O)cc(I)c1OCc1ccccc1. The van der Waals surface area contributed by atoms with Crippen molar-refractivity contribution in [3.8, 4) is 11.5 Å². The smallest absolute Gasteiger partial charge is 0.323 e. The number of aliphatic carboxylic acids is 1. The molecule has 0 aliphatic carbocycles. The summed E-state index contributed by atoms with van der Waals surface area (Å²) in [5.41, 5.74) is 1.78. The Bertz CT molecular complexity index is 1010. The molecule has 6 nitrogen and oxygen atoms in total. The second kappa shape index (κ2) is 10.3. The number of hydrogen-bond donors (Lipinski definition) is 1. The Morgan fingerprint density at radius 2 is 2.00 bits per heavy atom. The lowest BCUT2D eigenvalue weighted by Crippen LogP contribution is -2.33. The van der Waals surface area contributed by atoms with Gasteiger partial charge in [0.25, 0.3) is 5.91 Å². The minimum Gasteiger partial charge on any atom is -0.490 e. The van der Waals surface area contributed by atoms with Gasteiger partial charge in [0.05, 0.1) is 15.1 Å². The number of nitrogens with zero attached hydrogens (tertiary/aromatic N) is 1. The van der Waals surface area contributed by atoms with E-state index in [1.807, 2.05) is 43.3 Å². The molecule has 1 heterocycles. The van der Waals surface area contributed by atoms with E-state index in [0.29, 0.717) is 29.6 Å². The minimum absolute atomic E-state index is 0.233. The molecule has 1 aliphatic rings. The summed E-state index contributed by atoms with van der Waals surface area (Å²) in [6.45, 7) is 2.31. The second-order valence-electron chi connectivity index (χ2n) is 6.20. The summed E-state index contributed by atoms with van der Waals surface area (Å²) in [5.74, 6) is -0.310. The fourth-order valence-corrected chi connectivity index (χ4v) is 4.76. The Morgan fingerprint density at radius 3 is 2.67 bits per heavy atom. The summed E-state index contributed by atoms with van der Waals surface area (Å²) in [4.78, 5) is 24.9. The molecule has 156 valence electrons. The molecule has 0 spiro atoms. The standard InChI is InChI=1S/C21H18INO5S2/c1-2-27-16-9-14(10-17-20(26)23(11-18(24)25)21(29)30-17)8-15(22)19(16)28-12-13-6-4-3-5-7-13/h3-10H,2,11-12H2,1H3,(H,24,25)/b17-10-. The largest absolute Gasteiger partial charge is 0.490 e. The Morgan fingerprint density at radius 1 is 1.27 bits per heavy atom. The molecule has 0 unspecified atom stereocenters. The summed E-state index contributed by atoms with van der Waals surface area (Å²) < 4.78 is 12.8. The monoisotopic (exact) mass is 555 g/mol. The number of carboxylic acids is 1. The molecule has 1 amide bonds. The highest BCUT2D eigenvalue weighted by molar-refractivity contribution is 14.1. The Labute approximate surface area is 197 Å². The predicted octanol–water partition coefficient (Wildman–Crippen LogP) is 4.55. The van der Waals surface area contributed by atoms with Gasteiger partial charge in [-0.25, -0.2) is 0 Å². The van der Waals surface area contributed by atoms with E-state index in [2.05, 4.69) is 22.6 Å². The number of thiocarbonyl (C=S) groups is 1. The number of carboxylic acid groups (broad SMARTS) is 1. The maximum absolute atomic E-state index is 12.5. The van der Waals surface area contributed by atoms with Crippen molar-refractivity contribution in [2.45, 2.75) is 13.5 Å². The van der Waals surface area contributed by atoms with Crippen LogP contribution in [0.2, 0.25) is 0 Å². The molecular weight excluding hydrogens is 537 g/mol. The van der Waals surface area contributed by atoms with Crippen LogP contribution in [-0.4, -0.2) is 39.4 Å². The number of carbonyl (C=O) groups excluding carboxylic acids is 1. The summed E-state index contributed by atoms with van der Waals surface area (Å²) in [6.07, 6.45) is 1.69. The number of ether oxygens (including phenoxy) is 2. The van der Waals surface area contributed by atoms with Gasteiger partial charge in [0.15, 0.2) is 11.5 Å². The number of rotatable bonds is 8. The number of benzene rings is 2. The van der Waals surface area contributed by atoms with Crippen molar-refractivity contribution in [2.24, 2.45) is 0 Å². The molecule has 2 aromatic rings. The molecule has 0 radical (unpaired) electrons. The van der Waals surface area contributed by atoms with E-state index in [4.69, 9.17) is 26.8 Å². The van der Waals surface area contributed by atoms with E-state index in [1.165, 1.54) is 0 Å². The lowest BCUT2D eigenvalue weighted by molar-refractivity contribution is -0.140. The molecule has 2 aromatic carbocycles. The maximum atomic E-state index is 12.5. The van der Waals surface area contributed by atoms with Crippen LogP contribution in [0.5, 0.6) is 11.5 Å². The average molecular weight is 555 g/mol. The van der Waals surface area contributed by atoms with Gasteiger partial charge in [-0.3, -0.25) is 14.5 Å². The van der Waals surface area contributed by atoms with Crippen LogP contribution in [0.3, 0.4) is 0 Å². The molecule has 0 atom stereocenters. The Hall–Kier alpha value is -2.11. The van der Waals surface area contributed by atoms with Crippen LogP contribution < -0.4 is 9.47 Å². The normalized spacial score (nSPS) is 15.0. The fraction of sp³-hybridized carbons (Fsp3) is 0.190. The van der Waals surface area contributed by atoms with Crippen molar-refractivity contribution < 1.29 is 24.2 Å². The Kier molecular flexibility index (Phi) is 7.73. The quantitative estimate of drug-likeness (QED) is 0.291. The van der Waals surface area contributed by atoms with E-state index >= 15 is 0 Å². The molecule has 9 heteroatoms. The van der Waals surface area contributed by atoms with E-state index in [9.17, 15) is 9.59 Å². The van der Waals surface area contributed by atoms with Gasteiger partial charge in [0, 0.05) is 0 Å². The number of halogens is 1. The van der Waals surface area contributed by atoms with Crippen LogP contribution in [0, 0.1) is 3.57 Å². The van der Waals surface area contributed by atoms with Crippen molar-refractivity contribution in [3.63, 3.8) is 0 Å². The average Bonchev–Trinajstić information content (AvgIpc) is 2.95. The number of thioether (sulfide) groups is 1. The molecule has 1 aliphatic heterocycles. The van der Waals surface area contributed by atoms with E-state index in [0.717, 1.165) is 31.4 Å². The third-order valence-electron chi connectivity index (χ3n) is 4.02. The van der Waals surface area contributed by atoms with E-state index in [-0.39, 0.29) is 4.32 Å². The van der Waals surface area contributed by atoms with Gasteiger partial charge in [-0.05, 0) is 58.9 Å². The first-order valence-corrected chi connectivity index (χ1v) is 11.3. The van der Waals surface area contributed by atoms with Gasteiger partial charge < -0.3 is 14.6 Å². The molecule has 1 fully saturated rings. The fourth-order valence-electron chi connectivity index (χ4n) is 2.73. The summed E-state index contributed by atoms with van der Waals surface area (Å²) in [5, 5.41) is 8.97. The van der Waals surface area contributed by atoms with Crippen LogP contribution in [0.15, 0.2) is 47.4 Å². The molecule has 1 saturated heterocycles. The minimum atomic E-state index is -1.11. The van der Waals surface area contributed by atoms with Crippen LogP contribution in [0.4, 0.5) is 0 Å². The zero-order valence-corrected chi connectivity index (χ0v) is 19.8. The van der Waals surface area contributed by atoms with E-state index < -0.39 is 18.4 Å². The van der Waals surface area contributed by atoms with Crippen molar-refractivity contribution in [1.29, 1.82) is 0 Å². The van der Waals surface area contributed by atoms with Crippen molar-refractivity contribution >= 4 is 68.8 Å². The van der Waals surface area contributed by atoms with Crippen LogP contribution in [0.25, 0.3) is 6.08 Å². The Balaban J connectivity index is 1.86. The maximum Gasteiger partial charge on any atom is 0.323 e. The van der Waals surface area contributed by atoms with Crippen molar-refractivity contribution in [2.75, 3.05) is 13.2 Å². The van der Waals surface area contributed by atoms with Gasteiger partial charge >= 0.3 is 5.97 Å². The van der Waals surface area contributed by atoms with Gasteiger partial charge in [0.2, 0.25) is 0 Å². The highest BCUT2D eigenvalue weighted by Crippen LogP contribution is 2.38. The lowest BCUT2D eigenvalue weighted by Gasteiger charge is -2.15. The molecule has 0 saturated carbocycles. The molecule has 0 bridgehead atoms. The van der Waals surface area contributed by atoms with Crippen molar-refractivity contribution in [1.82, 2.24) is 4.90 Å².